The van der Waals surface area contributed by atoms with Crippen molar-refractivity contribution < 1.29 is 28.6 Å². The monoisotopic (exact) mass is 969 g/mol. The van der Waals surface area contributed by atoms with Crippen molar-refractivity contribution in [3.8, 4) is 0 Å². The molecule has 404 valence electrons. The van der Waals surface area contributed by atoms with Gasteiger partial charge >= 0.3 is 17.9 Å². The Morgan fingerprint density at radius 3 is 0.884 bits per heavy atom. The van der Waals surface area contributed by atoms with E-state index in [2.05, 4.69) is 57.2 Å². The van der Waals surface area contributed by atoms with E-state index >= 15 is 0 Å². The molecule has 0 spiro atoms. The molecule has 0 aromatic heterocycles. The van der Waals surface area contributed by atoms with Gasteiger partial charge in [-0.1, -0.05) is 295 Å². The quantitative estimate of drug-likeness (QED) is 0.0261. The summed E-state index contributed by atoms with van der Waals surface area (Å²) < 4.78 is 16.9. The standard InChI is InChI=1S/C63H116O6/c1-4-7-10-13-16-19-21-23-25-27-28-29-30-31-32-33-34-36-37-39-41-44-47-50-53-56-62(65)68-59-60(58-67-61(64)55-52-49-46-43-18-15-12-9-6-3)69-63(66)57-54-51-48-45-42-40-38-35-26-24-22-20-17-14-11-8-5-2/h8,11,17,20,24,26,60H,4-7,9-10,12-16,18-19,21-23,25,27-59H2,1-3H3/b11-8-,20-17-,26-24-. The van der Waals surface area contributed by atoms with E-state index in [0.29, 0.717) is 19.3 Å². The molecule has 0 N–H and O–H groups in total. The second kappa shape index (κ2) is 58.2. The lowest BCUT2D eigenvalue weighted by Gasteiger charge is -2.18. The minimum absolute atomic E-state index is 0.0716. The summed E-state index contributed by atoms with van der Waals surface area (Å²) in [5.74, 6) is -0.865. The Bertz CT molecular complexity index is 1160. The molecule has 0 saturated carbocycles. The van der Waals surface area contributed by atoms with Crippen LogP contribution in [0.3, 0.4) is 0 Å². The predicted octanol–water partition coefficient (Wildman–Crippen LogP) is 20.4. The number of ether oxygens (including phenoxy) is 3. The van der Waals surface area contributed by atoms with E-state index in [4.69, 9.17) is 14.2 Å². The van der Waals surface area contributed by atoms with Crippen LogP contribution in [0.15, 0.2) is 36.5 Å². The van der Waals surface area contributed by atoms with Gasteiger partial charge in [0.05, 0.1) is 0 Å². The van der Waals surface area contributed by atoms with Gasteiger partial charge in [0, 0.05) is 19.3 Å². The molecule has 0 rings (SSSR count). The molecule has 0 aliphatic rings. The van der Waals surface area contributed by atoms with E-state index < -0.39 is 6.10 Å². The molecule has 0 radical (unpaired) electrons. The summed E-state index contributed by atoms with van der Waals surface area (Å²) in [7, 11) is 0. The Kier molecular flexibility index (Phi) is 56.2. The number of hydrogen-bond donors (Lipinski definition) is 0. The summed E-state index contributed by atoms with van der Waals surface area (Å²) in [5, 5.41) is 0. The minimum atomic E-state index is -0.773. The molecule has 0 aromatic carbocycles. The topological polar surface area (TPSA) is 78.9 Å². The summed E-state index contributed by atoms with van der Waals surface area (Å²) in [5.41, 5.74) is 0. The number of rotatable bonds is 56. The summed E-state index contributed by atoms with van der Waals surface area (Å²) >= 11 is 0. The number of esters is 3. The number of unbranched alkanes of at least 4 members (excludes halogenated alkanes) is 39. The SMILES string of the molecule is CC/C=C\C/C=C\C/C=C\CCCCCCCCCC(=O)OC(COC(=O)CCCCCCCCCCC)COC(=O)CCCCCCCCCCCCCCCCCCCCCCCCCCC. The van der Waals surface area contributed by atoms with Crippen LogP contribution in [0, 0.1) is 0 Å². The van der Waals surface area contributed by atoms with Crippen molar-refractivity contribution in [1.82, 2.24) is 0 Å². The van der Waals surface area contributed by atoms with E-state index in [1.165, 1.54) is 205 Å². The van der Waals surface area contributed by atoms with Gasteiger partial charge in [-0.3, -0.25) is 14.4 Å². The van der Waals surface area contributed by atoms with Gasteiger partial charge in [0.25, 0.3) is 0 Å². The molecule has 0 amide bonds. The van der Waals surface area contributed by atoms with Crippen LogP contribution in [0.4, 0.5) is 0 Å². The first-order valence-corrected chi connectivity index (χ1v) is 30.5. The van der Waals surface area contributed by atoms with Crippen LogP contribution in [0.5, 0.6) is 0 Å². The zero-order valence-electron chi connectivity index (χ0n) is 46.3. The zero-order chi connectivity index (χ0) is 50.0. The van der Waals surface area contributed by atoms with Crippen LogP contribution in [0.1, 0.15) is 329 Å². The normalized spacial score (nSPS) is 12.2. The fraction of sp³-hybridized carbons (Fsp3) is 0.857. The maximum Gasteiger partial charge on any atom is 0.306 e. The molecule has 6 nitrogen and oxygen atoms in total. The summed E-state index contributed by atoms with van der Waals surface area (Å²) in [6.45, 7) is 6.55. The molecule has 0 saturated heterocycles. The van der Waals surface area contributed by atoms with Gasteiger partial charge in [-0.2, -0.15) is 0 Å². The van der Waals surface area contributed by atoms with Gasteiger partial charge in [0.2, 0.25) is 0 Å². The molecule has 0 aromatic rings. The Morgan fingerprint density at radius 1 is 0.304 bits per heavy atom. The van der Waals surface area contributed by atoms with Gasteiger partial charge in [-0.05, 0) is 51.4 Å². The molecule has 0 fully saturated rings. The predicted molar refractivity (Wildman–Crippen MR) is 298 cm³/mol. The molecular weight excluding hydrogens is 853 g/mol. The lowest BCUT2D eigenvalue weighted by atomic mass is 10.0. The molecule has 0 bridgehead atoms. The van der Waals surface area contributed by atoms with Crippen LogP contribution < -0.4 is 0 Å². The summed E-state index contributed by atoms with van der Waals surface area (Å²) in [4.78, 5) is 38.1. The van der Waals surface area contributed by atoms with Crippen LogP contribution in [-0.4, -0.2) is 37.2 Å². The van der Waals surface area contributed by atoms with Crippen molar-refractivity contribution >= 4 is 17.9 Å². The molecule has 0 aliphatic carbocycles. The van der Waals surface area contributed by atoms with E-state index in [-0.39, 0.29) is 31.1 Å². The van der Waals surface area contributed by atoms with Crippen molar-refractivity contribution in [3.63, 3.8) is 0 Å². The van der Waals surface area contributed by atoms with Crippen LogP contribution in [0.2, 0.25) is 0 Å². The third kappa shape index (κ3) is 56.4. The number of carbonyl (C=O) groups excluding carboxylic acids is 3. The molecule has 0 heterocycles. The van der Waals surface area contributed by atoms with Crippen molar-refractivity contribution in [2.45, 2.75) is 335 Å². The van der Waals surface area contributed by atoms with Crippen LogP contribution in [-0.2, 0) is 28.6 Å². The lowest BCUT2D eigenvalue weighted by Crippen LogP contribution is -2.30. The highest BCUT2D eigenvalue weighted by molar-refractivity contribution is 5.71. The molecule has 1 atom stereocenters. The Morgan fingerprint density at radius 2 is 0.565 bits per heavy atom. The van der Waals surface area contributed by atoms with Gasteiger partial charge in [0.1, 0.15) is 13.2 Å². The molecule has 6 heteroatoms. The molecule has 69 heavy (non-hydrogen) atoms. The number of carbonyl (C=O) groups is 3. The first-order valence-electron chi connectivity index (χ1n) is 30.5. The Hall–Kier alpha value is -2.37. The second-order valence-corrected chi connectivity index (χ2v) is 20.6. The molecule has 1 unspecified atom stereocenters. The van der Waals surface area contributed by atoms with E-state index in [1.807, 2.05) is 0 Å². The maximum absolute atomic E-state index is 12.8. The number of hydrogen-bond acceptors (Lipinski definition) is 6. The van der Waals surface area contributed by atoms with E-state index in [1.54, 1.807) is 0 Å². The van der Waals surface area contributed by atoms with Gasteiger partial charge < -0.3 is 14.2 Å². The highest BCUT2D eigenvalue weighted by Crippen LogP contribution is 2.18. The smallest absolute Gasteiger partial charge is 0.306 e. The summed E-state index contributed by atoms with van der Waals surface area (Å²) in [6.07, 6.45) is 70.2. The van der Waals surface area contributed by atoms with Crippen LogP contribution >= 0.6 is 0 Å². The maximum atomic E-state index is 12.8. The highest BCUT2D eigenvalue weighted by atomic mass is 16.6. The third-order valence-corrected chi connectivity index (χ3v) is 13.7. The van der Waals surface area contributed by atoms with Crippen molar-refractivity contribution in [1.29, 1.82) is 0 Å². The minimum Gasteiger partial charge on any atom is -0.462 e. The Labute approximate surface area is 429 Å². The molecular formula is C63H116O6. The average molecular weight is 970 g/mol. The molecule has 0 aliphatic heterocycles. The number of allylic oxidation sites excluding steroid dienone is 6. The van der Waals surface area contributed by atoms with E-state index in [9.17, 15) is 14.4 Å². The van der Waals surface area contributed by atoms with Gasteiger partial charge in [0.15, 0.2) is 6.10 Å². The van der Waals surface area contributed by atoms with Crippen molar-refractivity contribution in [3.05, 3.63) is 36.5 Å². The largest absolute Gasteiger partial charge is 0.462 e. The summed E-state index contributed by atoms with van der Waals surface area (Å²) in [6, 6.07) is 0. The zero-order valence-corrected chi connectivity index (χ0v) is 46.3. The Balaban J connectivity index is 4.15. The second-order valence-electron chi connectivity index (χ2n) is 20.6. The fourth-order valence-electron chi connectivity index (χ4n) is 9.11. The fourth-order valence-corrected chi connectivity index (χ4v) is 9.11. The van der Waals surface area contributed by atoms with E-state index in [0.717, 1.165) is 83.5 Å². The van der Waals surface area contributed by atoms with Crippen LogP contribution in [0.25, 0.3) is 0 Å². The first-order chi connectivity index (χ1) is 34.0. The average Bonchev–Trinajstić information content (AvgIpc) is 3.35. The lowest BCUT2D eigenvalue weighted by molar-refractivity contribution is -0.167. The third-order valence-electron chi connectivity index (χ3n) is 13.7. The van der Waals surface area contributed by atoms with Gasteiger partial charge in [-0.25, -0.2) is 0 Å². The highest BCUT2D eigenvalue weighted by Gasteiger charge is 2.19. The van der Waals surface area contributed by atoms with Crippen molar-refractivity contribution in [2.75, 3.05) is 13.2 Å². The van der Waals surface area contributed by atoms with Gasteiger partial charge in [-0.15, -0.1) is 0 Å². The first kappa shape index (κ1) is 66.6. The van der Waals surface area contributed by atoms with Crippen molar-refractivity contribution in [2.24, 2.45) is 0 Å².